The molecule has 1 aliphatic rings. The Morgan fingerprint density at radius 3 is 2.65 bits per heavy atom. The number of carbonyl (C=O) groups is 1. The summed E-state index contributed by atoms with van der Waals surface area (Å²) in [5, 5.41) is 3.00. The number of sulfonamides is 1. The molecule has 2 aromatic rings. The van der Waals surface area contributed by atoms with Gasteiger partial charge in [0.25, 0.3) is 5.91 Å². The molecule has 7 heteroatoms. The van der Waals surface area contributed by atoms with Gasteiger partial charge in [-0.15, -0.1) is 0 Å². The summed E-state index contributed by atoms with van der Waals surface area (Å²) in [6.45, 7) is 4.05. The van der Waals surface area contributed by atoms with Crippen molar-refractivity contribution in [1.82, 2.24) is 10.0 Å². The molecule has 2 N–H and O–H groups in total. The smallest absolute Gasteiger partial charge is 0.251 e. The second-order valence-corrected chi connectivity index (χ2v) is 8.18. The van der Waals surface area contributed by atoms with Gasteiger partial charge in [0.05, 0.1) is 17.5 Å². The third-order valence-corrected chi connectivity index (χ3v) is 6.24. The lowest BCUT2D eigenvalue weighted by Gasteiger charge is -2.26. The Morgan fingerprint density at radius 1 is 1.19 bits per heavy atom. The standard InChI is InChI=1S/C19H22N2O4S/c1-12-10-14(11-18(13(12)2)26(23,24)20-3)19(22)21-16-8-9-25-17-7-5-4-6-15(16)17/h4-7,10-11,16,20H,8-9H2,1-3H3,(H,21,22)/t16-/m1/s1. The molecule has 6 nitrogen and oxygen atoms in total. The number of ether oxygens (including phenoxy) is 1. The molecule has 0 fully saturated rings. The molecule has 1 heterocycles. The van der Waals surface area contributed by atoms with Gasteiger partial charge in [0.2, 0.25) is 10.0 Å². The van der Waals surface area contributed by atoms with Crippen LogP contribution in [-0.4, -0.2) is 28.0 Å². The second-order valence-electron chi connectivity index (χ2n) is 6.32. The predicted octanol–water partition coefficient (Wildman–Crippen LogP) is 2.47. The van der Waals surface area contributed by atoms with Crippen LogP contribution < -0.4 is 14.8 Å². The Balaban J connectivity index is 1.92. The molecule has 0 saturated carbocycles. The van der Waals surface area contributed by atoms with Crippen LogP contribution in [0, 0.1) is 13.8 Å². The number of para-hydroxylation sites is 1. The predicted molar refractivity (Wildman–Crippen MR) is 98.9 cm³/mol. The number of nitrogens with one attached hydrogen (secondary N) is 2. The highest BCUT2D eigenvalue weighted by Crippen LogP contribution is 2.32. The molecular formula is C19H22N2O4S. The first-order valence-electron chi connectivity index (χ1n) is 8.41. The van der Waals surface area contributed by atoms with Gasteiger partial charge in [0.1, 0.15) is 5.75 Å². The molecule has 0 aliphatic carbocycles. The van der Waals surface area contributed by atoms with Gasteiger partial charge in [-0.1, -0.05) is 18.2 Å². The van der Waals surface area contributed by atoms with E-state index in [4.69, 9.17) is 4.74 Å². The summed E-state index contributed by atoms with van der Waals surface area (Å²) >= 11 is 0. The Hall–Kier alpha value is -2.38. The molecule has 1 amide bonds. The average Bonchev–Trinajstić information content (AvgIpc) is 2.64. The Morgan fingerprint density at radius 2 is 1.92 bits per heavy atom. The Labute approximate surface area is 153 Å². The van der Waals surface area contributed by atoms with Gasteiger partial charge in [-0.2, -0.15) is 0 Å². The summed E-state index contributed by atoms with van der Waals surface area (Å²) in [6, 6.07) is 10.6. The van der Waals surface area contributed by atoms with Crippen LogP contribution in [0.25, 0.3) is 0 Å². The zero-order valence-electron chi connectivity index (χ0n) is 15.0. The minimum absolute atomic E-state index is 0.123. The molecule has 0 aromatic heterocycles. The lowest BCUT2D eigenvalue weighted by atomic mass is 9.99. The van der Waals surface area contributed by atoms with Crippen molar-refractivity contribution in [2.75, 3.05) is 13.7 Å². The van der Waals surface area contributed by atoms with E-state index in [1.807, 2.05) is 24.3 Å². The van der Waals surface area contributed by atoms with Crippen molar-refractivity contribution >= 4 is 15.9 Å². The van der Waals surface area contributed by atoms with Crippen LogP contribution in [0.15, 0.2) is 41.3 Å². The Bertz CT molecular complexity index is 954. The van der Waals surface area contributed by atoms with E-state index in [2.05, 4.69) is 10.0 Å². The van der Waals surface area contributed by atoms with E-state index in [9.17, 15) is 13.2 Å². The van der Waals surface area contributed by atoms with Crippen molar-refractivity contribution in [2.24, 2.45) is 0 Å². The van der Waals surface area contributed by atoms with Crippen LogP contribution in [-0.2, 0) is 10.0 Å². The molecule has 0 radical (unpaired) electrons. The average molecular weight is 374 g/mol. The summed E-state index contributed by atoms with van der Waals surface area (Å²) in [7, 11) is -2.28. The molecule has 0 spiro atoms. The molecule has 138 valence electrons. The molecule has 0 bridgehead atoms. The van der Waals surface area contributed by atoms with Gasteiger partial charge < -0.3 is 10.1 Å². The molecule has 1 aliphatic heterocycles. The normalized spacial score (nSPS) is 16.5. The Kier molecular flexibility index (Phi) is 5.02. The minimum Gasteiger partial charge on any atom is -0.493 e. The van der Waals surface area contributed by atoms with Crippen molar-refractivity contribution in [3.05, 3.63) is 58.7 Å². The third kappa shape index (κ3) is 3.45. The number of amides is 1. The van der Waals surface area contributed by atoms with E-state index >= 15 is 0 Å². The summed E-state index contributed by atoms with van der Waals surface area (Å²) in [6.07, 6.45) is 0.662. The number of hydrogen-bond acceptors (Lipinski definition) is 4. The van der Waals surface area contributed by atoms with Gasteiger partial charge in [-0.25, -0.2) is 13.1 Å². The van der Waals surface area contributed by atoms with Crippen LogP contribution >= 0.6 is 0 Å². The quantitative estimate of drug-likeness (QED) is 0.861. The zero-order chi connectivity index (χ0) is 18.9. The fourth-order valence-electron chi connectivity index (χ4n) is 3.08. The van der Waals surface area contributed by atoms with Crippen LogP contribution in [0.4, 0.5) is 0 Å². The first kappa shape index (κ1) is 18.4. The molecule has 1 atom stereocenters. The van der Waals surface area contributed by atoms with E-state index in [0.29, 0.717) is 24.2 Å². The third-order valence-electron chi connectivity index (χ3n) is 4.70. The molecule has 3 rings (SSSR count). The number of carbonyl (C=O) groups excluding carboxylic acids is 1. The molecule has 2 aromatic carbocycles. The van der Waals surface area contributed by atoms with Crippen LogP contribution in [0.3, 0.4) is 0 Å². The summed E-state index contributed by atoms with van der Waals surface area (Å²) in [4.78, 5) is 12.9. The number of fused-ring (bicyclic) bond motifs is 1. The fourth-order valence-corrected chi connectivity index (χ4v) is 4.15. The lowest BCUT2D eigenvalue weighted by molar-refractivity contribution is 0.0924. The summed E-state index contributed by atoms with van der Waals surface area (Å²) in [5.74, 6) is 0.463. The van der Waals surface area contributed by atoms with Crippen molar-refractivity contribution in [2.45, 2.75) is 31.2 Å². The van der Waals surface area contributed by atoms with Crippen LogP contribution in [0.5, 0.6) is 5.75 Å². The topological polar surface area (TPSA) is 84.5 Å². The molecule has 0 saturated heterocycles. The van der Waals surface area contributed by atoms with Gasteiger partial charge in [0, 0.05) is 17.5 Å². The van der Waals surface area contributed by atoms with E-state index in [-0.39, 0.29) is 16.8 Å². The van der Waals surface area contributed by atoms with Gasteiger partial charge in [0.15, 0.2) is 0 Å². The minimum atomic E-state index is -3.64. The second kappa shape index (κ2) is 7.09. The maximum absolute atomic E-state index is 12.8. The van der Waals surface area contributed by atoms with E-state index in [1.54, 1.807) is 19.9 Å². The highest BCUT2D eigenvalue weighted by atomic mass is 32.2. The lowest BCUT2D eigenvalue weighted by Crippen LogP contribution is -2.32. The van der Waals surface area contributed by atoms with Crippen LogP contribution in [0.2, 0.25) is 0 Å². The number of benzene rings is 2. The largest absolute Gasteiger partial charge is 0.493 e. The first-order valence-corrected chi connectivity index (χ1v) is 9.89. The van der Waals surface area contributed by atoms with Crippen LogP contribution in [0.1, 0.15) is 39.5 Å². The maximum atomic E-state index is 12.8. The van der Waals surface area contributed by atoms with E-state index in [0.717, 1.165) is 16.9 Å². The van der Waals surface area contributed by atoms with Crippen molar-refractivity contribution in [3.8, 4) is 5.75 Å². The summed E-state index contributed by atoms with van der Waals surface area (Å²) in [5.41, 5.74) is 2.64. The van der Waals surface area contributed by atoms with E-state index in [1.165, 1.54) is 13.1 Å². The highest BCUT2D eigenvalue weighted by Gasteiger charge is 2.25. The monoisotopic (exact) mass is 374 g/mol. The van der Waals surface area contributed by atoms with E-state index < -0.39 is 10.0 Å². The first-order chi connectivity index (χ1) is 12.3. The van der Waals surface area contributed by atoms with Crippen molar-refractivity contribution in [3.63, 3.8) is 0 Å². The SMILES string of the molecule is CNS(=O)(=O)c1cc(C(=O)N[C@@H]2CCOc3ccccc32)cc(C)c1C. The zero-order valence-corrected chi connectivity index (χ0v) is 15.8. The highest BCUT2D eigenvalue weighted by molar-refractivity contribution is 7.89. The number of rotatable bonds is 4. The number of hydrogen-bond donors (Lipinski definition) is 2. The molecular weight excluding hydrogens is 352 g/mol. The van der Waals surface area contributed by atoms with Crippen molar-refractivity contribution < 1.29 is 17.9 Å². The number of aryl methyl sites for hydroxylation is 1. The van der Waals surface area contributed by atoms with Crippen molar-refractivity contribution in [1.29, 1.82) is 0 Å². The van der Waals surface area contributed by atoms with Gasteiger partial charge in [-0.3, -0.25) is 4.79 Å². The molecule has 26 heavy (non-hydrogen) atoms. The maximum Gasteiger partial charge on any atom is 0.251 e. The molecule has 0 unspecified atom stereocenters. The summed E-state index contributed by atoms with van der Waals surface area (Å²) < 4.78 is 32.4. The van der Waals surface area contributed by atoms with Gasteiger partial charge >= 0.3 is 0 Å². The van der Waals surface area contributed by atoms with Gasteiger partial charge in [-0.05, 0) is 50.2 Å². The fraction of sp³-hybridized carbons (Fsp3) is 0.316.